The minimum atomic E-state index is -0.205. The summed E-state index contributed by atoms with van der Waals surface area (Å²) in [4.78, 5) is 13.6. The highest BCUT2D eigenvalue weighted by Crippen LogP contribution is 2.14. The van der Waals surface area contributed by atoms with Crippen LogP contribution < -0.4 is 4.74 Å². The van der Waals surface area contributed by atoms with Crippen molar-refractivity contribution in [3.63, 3.8) is 0 Å². The predicted molar refractivity (Wildman–Crippen MR) is 76.9 cm³/mol. The third-order valence-electron chi connectivity index (χ3n) is 2.71. The molecule has 0 bridgehead atoms. The van der Waals surface area contributed by atoms with E-state index < -0.39 is 0 Å². The lowest BCUT2D eigenvalue weighted by molar-refractivity contribution is 0.0685. The predicted octanol–water partition coefficient (Wildman–Crippen LogP) is 1.15. The molecule has 0 saturated carbocycles. The minimum absolute atomic E-state index is 0.124. The fourth-order valence-electron chi connectivity index (χ4n) is 1.70. The first-order chi connectivity index (χ1) is 9.58. The topological polar surface area (TPSA) is 70.0 Å². The molecular formula is C15H23NO4. The second kappa shape index (κ2) is 8.55. The number of aliphatic hydroxyl groups is 2. The molecule has 1 aromatic carbocycles. The van der Waals surface area contributed by atoms with E-state index in [1.165, 1.54) is 4.90 Å². The molecule has 5 heteroatoms. The minimum Gasteiger partial charge on any atom is -0.493 e. The number of ether oxygens (including phenoxy) is 1. The Morgan fingerprint density at radius 1 is 1.15 bits per heavy atom. The molecule has 0 aromatic heterocycles. The van der Waals surface area contributed by atoms with Gasteiger partial charge in [0.2, 0.25) is 0 Å². The van der Waals surface area contributed by atoms with Crippen molar-refractivity contribution in [2.24, 2.45) is 5.92 Å². The van der Waals surface area contributed by atoms with Crippen LogP contribution in [0.3, 0.4) is 0 Å². The number of hydrogen-bond acceptors (Lipinski definition) is 4. The maximum absolute atomic E-state index is 12.2. The zero-order valence-electron chi connectivity index (χ0n) is 12.1. The Balaban J connectivity index is 2.68. The van der Waals surface area contributed by atoms with Gasteiger partial charge in [-0.1, -0.05) is 13.8 Å². The first-order valence-corrected chi connectivity index (χ1v) is 6.82. The molecule has 0 spiro atoms. The van der Waals surface area contributed by atoms with Crippen molar-refractivity contribution < 1.29 is 19.7 Å². The molecule has 0 aliphatic carbocycles. The Hall–Kier alpha value is -1.59. The number of nitrogens with zero attached hydrogens (tertiary/aromatic N) is 1. The first kappa shape index (κ1) is 16.5. The Kier molecular flexibility index (Phi) is 7.04. The van der Waals surface area contributed by atoms with E-state index in [9.17, 15) is 4.79 Å². The Bertz CT molecular complexity index is 397. The fourth-order valence-corrected chi connectivity index (χ4v) is 1.70. The van der Waals surface area contributed by atoms with Crippen molar-refractivity contribution in [1.82, 2.24) is 4.90 Å². The molecule has 112 valence electrons. The number of carbonyl (C=O) groups is 1. The van der Waals surface area contributed by atoms with E-state index in [1.807, 2.05) is 0 Å². The molecule has 1 amide bonds. The van der Waals surface area contributed by atoms with Crippen LogP contribution in [0.5, 0.6) is 5.75 Å². The van der Waals surface area contributed by atoms with Crippen LogP contribution in [-0.4, -0.2) is 53.9 Å². The van der Waals surface area contributed by atoms with Crippen LogP contribution in [0.2, 0.25) is 0 Å². The number of amides is 1. The summed E-state index contributed by atoms with van der Waals surface area (Å²) in [6.07, 6.45) is 0. The zero-order valence-corrected chi connectivity index (χ0v) is 12.1. The van der Waals surface area contributed by atoms with E-state index >= 15 is 0 Å². The lowest BCUT2D eigenvalue weighted by Gasteiger charge is -2.20. The van der Waals surface area contributed by atoms with Crippen LogP contribution in [0.1, 0.15) is 24.2 Å². The molecule has 0 heterocycles. The van der Waals surface area contributed by atoms with E-state index in [-0.39, 0.29) is 32.2 Å². The van der Waals surface area contributed by atoms with Crippen LogP contribution in [0, 0.1) is 5.92 Å². The van der Waals surface area contributed by atoms with Crippen LogP contribution in [0.15, 0.2) is 24.3 Å². The summed E-state index contributed by atoms with van der Waals surface area (Å²) in [6.45, 7) is 4.95. The monoisotopic (exact) mass is 281 g/mol. The first-order valence-electron chi connectivity index (χ1n) is 6.82. The lowest BCUT2D eigenvalue weighted by Crippen LogP contribution is -2.35. The summed E-state index contributed by atoms with van der Waals surface area (Å²) in [7, 11) is 0. The summed E-state index contributed by atoms with van der Waals surface area (Å²) < 4.78 is 5.55. The molecular weight excluding hydrogens is 258 g/mol. The molecule has 1 rings (SSSR count). The summed E-state index contributed by atoms with van der Waals surface area (Å²) in [5, 5.41) is 17.9. The lowest BCUT2D eigenvalue weighted by atomic mass is 10.2. The average molecular weight is 281 g/mol. The molecule has 0 fully saturated rings. The highest BCUT2D eigenvalue weighted by atomic mass is 16.5. The van der Waals surface area contributed by atoms with Crippen LogP contribution in [-0.2, 0) is 0 Å². The molecule has 0 aliphatic rings. The summed E-state index contributed by atoms with van der Waals surface area (Å²) in [5.41, 5.74) is 0.517. The van der Waals surface area contributed by atoms with E-state index in [2.05, 4.69) is 13.8 Å². The third-order valence-corrected chi connectivity index (χ3v) is 2.71. The number of benzene rings is 1. The van der Waals surface area contributed by atoms with Crippen molar-refractivity contribution in [1.29, 1.82) is 0 Å². The van der Waals surface area contributed by atoms with Crippen molar-refractivity contribution >= 4 is 5.91 Å². The smallest absolute Gasteiger partial charge is 0.254 e. The summed E-state index contributed by atoms with van der Waals surface area (Å²) in [6, 6.07) is 6.90. The maximum Gasteiger partial charge on any atom is 0.254 e. The number of hydrogen-bond donors (Lipinski definition) is 2. The second-order valence-electron chi connectivity index (χ2n) is 4.97. The highest BCUT2D eigenvalue weighted by molar-refractivity contribution is 5.94. The van der Waals surface area contributed by atoms with Gasteiger partial charge < -0.3 is 19.8 Å². The molecule has 0 unspecified atom stereocenters. The Morgan fingerprint density at radius 2 is 1.70 bits per heavy atom. The fraction of sp³-hybridized carbons (Fsp3) is 0.533. The van der Waals surface area contributed by atoms with Gasteiger partial charge in [-0.2, -0.15) is 0 Å². The highest BCUT2D eigenvalue weighted by Gasteiger charge is 2.14. The van der Waals surface area contributed by atoms with Gasteiger partial charge in [0.05, 0.1) is 19.8 Å². The number of carbonyl (C=O) groups excluding carboxylic acids is 1. The average Bonchev–Trinajstić information content (AvgIpc) is 2.44. The van der Waals surface area contributed by atoms with E-state index in [0.29, 0.717) is 18.1 Å². The van der Waals surface area contributed by atoms with Crippen molar-refractivity contribution in [3.8, 4) is 5.75 Å². The van der Waals surface area contributed by atoms with Gasteiger partial charge >= 0.3 is 0 Å². The van der Waals surface area contributed by atoms with Crippen LogP contribution in [0.4, 0.5) is 0 Å². The van der Waals surface area contributed by atoms with Gasteiger partial charge in [-0.15, -0.1) is 0 Å². The van der Waals surface area contributed by atoms with Crippen LogP contribution in [0.25, 0.3) is 0 Å². The van der Waals surface area contributed by atoms with Crippen LogP contribution >= 0.6 is 0 Å². The third kappa shape index (κ3) is 5.19. The van der Waals surface area contributed by atoms with Gasteiger partial charge in [0.25, 0.3) is 5.91 Å². The summed E-state index contributed by atoms with van der Waals surface area (Å²) in [5.74, 6) is 0.968. The second-order valence-corrected chi connectivity index (χ2v) is 4.97. The van der Waals surface area contributed by atoms with Gasteiger partial charge in [-0.05, 0) is 30.2 Å². The molecule has 0 saturated heterocycles. The van der Waals surface area contributed by atoms with Crippen molar-refractivity contribution in [3.05, 3.63) is 29.8 Å². The molecule has 0 aliphatic heterocycles. The molecule has 2 N–H and O–H groups in total. The quantitative estimate of drug-likeness (QED) is 0.750. The van der Waals surface area contributed by atoms with Gasteiger partial charge in [0.15, 0.2) is 0 Å². The van der Waals surface area contributed by atoms with E-state index in [1.54, 1.807) is 24.3 Å². The maximum atomic E-state index is 12.2. The molecule has 5 nitrogen and oxygen atoms in total. The number of aliphatic hydroxyl groups excluding tert-OH is 2. The molecule has 1 aromatic rings. The molecule has 20 heavy (non-hydrogen) atoms. The summed E-state index contributed by atoms with van der Waals surface area (Å²) >= 11 is 0. The van der Waals surface area contributed by atoms with Crippen molar-refractivity contribution in [2.75, 3.05) is 32.9 Å². The van der Waals surface area contributed by atoms with Crippen molar-refractivity contribution in [2.45, 2.75) is 13.8 Å². The van der Waals surface area contributed by atoms with E-state index in [4.69, 9.17) is 14.9 Å². The Labute approximate surface area is 119 Å². The normalized spacial score (nSPS) is 10.7. The van der Waals surface area contributed by atoms with Gasteiger partial charge in [-0.3, -0.25) is 4.79 Å². The SMILES string of the molecule is CC(C)COc1ccc(C(=O)N(CCO)CCO)cc1. The zero-order chi connectivity index (χ0) is 15.0. The van der Waals surface area contributed by atoms with Gasteiger partial charge in [0.1, 0.15) is 5.75 Å². The largest absolute Gasteiger partial charge is 0.493 e. The Morgan fingerprint density at radius 3 is 2.15 bits per heavy atom. The van der Waals surface area contributed by atoms with Gasteiger partial charge in [-0.25, -0.2) is 0 Å². The van der Waals surface area contributed by atoms with Gasteiger partial charge in [0, 0.05) is 18.7 Å². The number of rotatable bonds is 8. The van der Waals surface area contributed by atoms with E-state index in [0.717, 1.165) is 5.75 Å². The standard InChI is InChI=1S/C15H23NO4/c1-12(2)11-20-14-5-3-13(4-6-14)15(19)16(7-9-17)8-10-18/h3-6,12,17-18H,7-11H2,1-2H3. The molecule has 0 radical (unpaired) electrons. The molecule has 0 atom stereocenters.